The quantitative estimate of drug-likeness (QED) is 0.283. The van der Waals surface area contributed by atoms with Crippen molar-refractivity contribution in [1.29, 1.82) is 0 Å². The number of benzene rings is 3. The van der Waals surface area contributed by atoms with Gasteiger partial charge in [0.15, 0.2) is 0 Å². The molecular weight excluding hydrogens is 567 g/mol. The first-order valence-corrected chi connectivity index (χ1v) is 16.6. The van der Waals surface area contributed by atoms with Gasteiger partial charge < -0.3 is 25.2 Å². The Kier molecular flexibility index (Phi) is 9.69. The van der Waals surface area contributed by atoms with Gasteiger partial charge in [-0.15, -0.1) is 0 Å². The van der Waals surface area contributed by atoms with E-state index in [-0.39, 0.29) is 17.4 Å². The van der Waals surface area contributed by atoms with Crippen LogP contribution in [0.5, 0.6) is 0 Å². The molecule has 45 heavy (non-hydrogen) atoms. The maximum Gasteiger partial charge on any atom is 0.257 e. The number of hydrogen-bond donors (Lipinski definition) is 2. The molecule has 0 bridgehead atoms. The van der Waals surface area contributed by atoms with Crippen LogP contribution in [-0.4, -0.2) is 55.6 Å². The van der Waals surface area contributed by atoms with Crippen molar-refractivity contribution in [2.75, 3.05) is 48.4 Å². The van der Waals surface area contributed by atoms with E-state index in [4.69, 9.17) is 4.74 Å². The van der Waals surface area contributed by atoms with Crippen LogP contribution in [0.15, 0.2) is 60.7 Å². The molecule has 0 aliphatic carbocycles. The van der Waals surface area contributed by atoms with Gasteiger partial charge in [0.1, 0.15) is 5.82 Å². The van der Waals surface area contributed by atoms with E-state index < -0.39 is 17.8 Å². The summed E-state index contributed by atoms with van der Waals surface area (Å²) in [7, 11) is 0. The van der Waals surface area contributed by atoms with Gasteiger partial charge in [0, 0.05) is 56.0 Å². The average Bonchev–Trinajstić information content (AvgIpc) is 3.60. The number of hydrogen-bond acceptors (Lipinski definition) is 5. The highest BCUT2D eigenvalue weighted by Gasteiger charge is 2.40. The zero-order valence-electron chi connectivity index (χ0n) is 26.5. The first-order valence-electron chi connectivity index (χ1n) is 16.6. The number of nitrogens with one attached hydrogen (secondary N) is 2. The molecule has 3 saturated heterocycles. The van der Waals surface area contributed by atoms with E-state index in [2.05, 4.69) is 34.6 Å². The van der Waals surface area contributed by atoms with Crippen LogP contribution in [0.25, 0.3) is 0 Å². The first kappa shape index (κ1) is 31.1. The number of carbonyl (C=O) groups is 2. The topological polar surface area (TPSA) is 73.9 Å². The van der Waals surface area contributed by atoms with Crippen molar-refractivity contribution in [1.82, 2.24) is 4.90 Å². The molecule has 2 atom stereocenters. The number of ether oxygens (including phenoxy) is 1. The zero-order valence-corrected chi connectivity index (χ0v) is 26.5. The fourth-order valence-corrected chi connectivity index (χ4v) is 7.24. The molecule has 2 unspecified atom stereocenters. The molecule has 2 N–H and O–H groups in total. The second kappa shape index (κ2) is 14.0. The lowest BCUT2D eigenvalue weighted by Crippen LogP contribution is -2.46. The van der Waals surface area contributed by atoms with E-state index in [9.17, 15) is 9.59 Å². The molecular formula is C37H45FN4O3. The van der Waals surface area contributed by atoms with Gasteiger partial charge in [0.25, 0.3) is 5.91 Å². The highest BCUT2D eigenvalue weighted by atomic mass is 19.1. The van der Waals surface area contributed by atoms with Gasteiger partial charge in [0.05, 0.1) is 17.5 Å². The molecule has 2 amide bonds. The maximum atomic E-state index is 15.1. The number of rotatable bonds is 8. The van der Waals surface area contributed by atoms with Gasteiger partial charge in [-0.25, -0.2) is 4.39 Å². The molecule has 3 aliphatic rings. The third-order valence-electron chi connectivity index (χ3n) is 9.69. The Bertz CT molecular complexity index is 1480. The molecule has 0 aromatic heterocycles. The smallest absolute Gasteiger partial charge is 0.257 e. The molecule has 3 fully saturated rings. The number of carbonyl (C=O) groups excluding carboxylic acids is 2. The predicted molar refractivity (Wildman–Crippen MR) is 177 cm³/mol. The number of anilines is 3. The SMILES string of the molecule is CCc1ccc(NC(=O)C2CCCN(C(=O)c3c(C)cccc3F)C2c2ccc(NC3CCOCC3)cc2)cc1N1CCCC1. The monoisotopic (exact) mass is 612 g/mol. The fraction of sp³-hybridized carbons (Fsp3) is 0.459. The Labute approximate surface area is 266 Å². The molecule has 3 heterocycles. The lowest BCUT2D eigenvalue weighted by atomic mass is 9.83. The number of nitrogens with zero attached hydrogens (tertiary/aromatic N) is 2. The van der Waals surface area contributed by atoms with Crippen LogP contribution < -0.4 is 15.5 Å². The first-order chi connectivity index (χ1) is 21.9. The molecule has 3 aromatic rings. The highest BCUT2D eigenvalue weighted by Crippen LogP contribution is 2.39. The van der Waals surface area contributed by atoms with Gasteiger partial charge in [-0.1, -0.05) is 37.3 Å². The molecule has 3 aromatic carbocycles. The third kappa shape index (κ3) is 6.86. The molecule has 0 radical (unpaired) electrons. The van der Waals surface area contributed by atoms with Crippen molar-refractivity contribution in [2.24, 2.45) is 5.92 Å². The number of amides is 2. The summed E-state index contributed by atoms with van der Waals surface area (Å²) in [6.45, 7) is 7.93. The van der Waals surface area contributed by atoms with E-state index in [0.29, 0.717) is 31.0 Å². The van der Waals surface area contributed by atoms with Gasteiger partial charge in [0.2, 0.25) is 5.91 Å². The maximum absolute atomic E-state index is 15.1. The van der Waals surface area contributed by atoms with Crippen LogP contribution in [0.3, 0.4) is 0 Å². The number of aryl methyl sites for hydroxylation is 2. The van der Waals surface area contributed by atoms with E-state index in [1.54, 1.807) is 24.0 Å². The third-order valence-corrected chi connectivity index (χ3v) is 9.69. The van der Waals surface area contributed by atoms with Crippen molar-refractivity contribution in [2.45, 2.75) is 70.9 Å². The lowest BCUT2D eigenvalue weighted by molar-refractivity contribution is -0.123. The standard InChI is InChI=1S/C37H45FN4O3/c1-3-26-11-16-30(24-33(26)41-19-4-5-20-41)40-36(43)31-9-7-21-42(37(44)34-25(2)8-6-10-32(34)38)35(31)27-12-14-28(15-13-27)39-29-17-22-45-23-18-29/h6,8,10-16,24,29,31,35,39H,3-5,7,9,17-23H2,1-2H3,(H,40,43). The Balaban J connectivity index is 1.30. The van der Waals surface area contributed by atoms with Crippen molar-refractivity contribution >= 4 is 28.9 Å². The van der Waals surface area contributed by atoms with Crippen LogP contribution >= 0.6 is 0 Å². The molecule has 0 saturated carbocycles. The number of likely N-dealkylation sites (tertiary alicyclic amines) is 1. The predicted octanol–water partition coefficient (Wildman–Crippen LogP) is 7.12. The molecule has 6 rings (SSSR count). The Morgan fingerprint density at radius 1 is 0.911 bits per heavy atom. The van der Waals surface area contributed by atoms with Crippen LogP contribution in [0.2, 0.25) is 0 Å². The minimum atomic E-state index is -0.535. The summed E-state index contributed by atoms with van der Waals surface area (Å²) in [5.41, 5.74) is 5.76. The normalized spacial score (nSPS) is 20.7. The van der Waals surface area contributed by atoms with Crippen molar-refractivity contribution in [3.63, 3.8) is 0 Å². The lowest BCUT2D eigenvalue weighted by Gasteiger charge is -2.41. The number of piperidine rings is 1. The summed E-state index contributed by atoms with van der Waals surface area (Å²) in [5.74, 6) is -1.53. The summed E-state index contributed by atoms with van der Waals surface area (Å²) in [6, 6.07) is 18.8. The fourth-order valence-electron chi connectivity index (χ4n) is 7.24. The summed E-state index contributed by atoms with van der Waals surface area (Å²) in [5, 5.41) is 6.81. The van der Waals surface area contributed by atoms with Gasteiger partial charge in [-0.2, -0.15) is 0 Å². The van der Waals surface area contributed by atoms with E-state index in [1.807, 2.05) is 30.3 Å². The van der Waals surface area contributed by atoms with Gasteiger partial charge in [-0.05, 0) is 98.9 Å². The second-order valence-electron chi connectivity index (χ2n) is 12.7. The van der Waals surface area contributed by atoms with Crippen molar-refractivity contribution in [3.05, 3.63) is 88.7 Å². The van der Waals surface area contributed by atoms with Crippen LogP contribution in [0, 0.1) is 18.7 Å². The zero-order chi connectivity index (χ0) is 31.3. The number of halogens is 1. The molecule has 3 aliphatic heterocycles. The van der Waals surface area contributed by atoms with Crippen molar-refractivity contribution < 1.29 is 18.7 Å². The van der Waals surface area contributed by atoms with Crippen LogP contribution in [0.1, 0.15) is 78.5 Å². The van der Waals surface area contributed by atoms with E-state index in [0.717, 1.165) is 62.5 Å². The van der Waals surface area contributed by atoms with Crippen LogP contribution in [0.4, 0.5) is 21.5 Å². The van der Waals surface area contributed by atoms with Gasteiger partial charge >= 0.3 is 0 Å². The minimum absolute atomic E-state index is 0.0757. The molecule has 0 spiro atoms. The van der Waals surface area contributed by atoms with Crippen molar-refractivity contribution in [3.8, 4) is 0 Å². The summed E-state index contributed by atoms with van der Waals surface area (Å²) < 4.78 is 20.6. The van der Waals surface area contributed by atoms with Crippen LogP contribution in [-0.2, 0) is 16.0 Å². The largest absolute Gasteiger partial charge is 0.382 e. The summed E-state index contributed by atoms with van der Waals surface area (Å²) in [6.07, 6.45) is 6.48. The van der Waals surface area contributed by atoms with Gasteiger partial charge in [-0.3, -0.25) is 9.59 Å². The summed E-state index contributed by atoms with van der Waals surface area (Å²) in [4.78, 5) is 32.3. The minimum Gasteiger partial charge on any atom is -0.382 e. The Morgan fingerprint density at radius 2 is 1.64 bits per heavy atom. The van der Waals surface area contributed by atoms with E-state index >= 15 is 4.39 Å². The summed E-state index contributed by atoms with van der Waals surface area (Å²) >= 11 is 0. The molecule has 7 nitrogen and oxygen atoms in total. The molecule has 8 heteroatoms. The molecule has 238 valence electrons. The average molecular weight is 613 g/mol. The second-order valence-corrected chi connectivity index (χ2v) is 12.7. The highest BCUT2D eigenvalue weighted by molar-refractivity contribution is 5.98. The Hall–Kier alpha value is -3.91. The van der Waals surface area contributed by atoms with E-state index in [1.165, 1.54) is 30.2 Å². The Morgan fingerprint density at radius 3 is 2.36 bits per heavy atom.